The van der Waals surface area contributed by atoms with Crippen molar-refractivity contribution in [2.24, 2.45) is 0 Å². The van der Waals surface area contributed by atoms with Gasteiger partial charge in [-0.15, -0.1) is 0 Å². The van der Waals surface area contributed by atoms with Crippen LogP contribution in [0.4, 0.5) is 4.79 Å². The van der Waals surface area contributed by atoms with Crippen molar-refractivity contribution in [2.75, 3.05) is 33.9 Å². The van der Waals surface area contributed by atoms with E-state index in [0.29, 0.717) is 6.54 Å². The number of hydrogen-bond donors (Lipinski definition) is 1. The minimum atomic E-state index is -0.662. The summed E-state index contributed by atoms with van der Waals surface area (Å²) in [5.74, 6) is -1.30. The van der Waals surface area contributed by atoms with Crippen molar-refractivity contribution in [3.05, 3.63) is 12.2 Å². The van der Waals surface area contributed by atoms with E-state index in [1.165, 1.54) is 12.0 Å². The highest BCUT2D eigenvalue weighted by molar-refractivity contribution is 5.91. The molecule has 2 amide bonds. The summed E-state index contributed by atoms with van der Waals surface area (Å²) in [6, 6.07) is -0.237. The van der Waals surface area contributed by atoms with Crippen LogP contribution in [0.15, 0.2) is 12.2 Å². The van der Waals surface area contributed by atoms with Crippen molar-refractivity contribution in [3.8, 4) is 0 Å². The van der Waals surface area contributed by atoms with Gasteiger partial charge in [-0.3, -0.25) is 0 Å². The van der Waals surface area contributed by atoms with Gasteiger partial charge in [0.05, 0.1) is 13.7 Å². The van der Waals surface area contributed by atoms with Gasteiger partial charge in [0, 0.05) is 25.7 Å². The maximum absolute atomic E-state index is 11.3. The summed E-state index contributed by atoms with van der Waals surface area (Å²) < 4.78 is 9.09. The predicted molar refractivity (Wildman–Crippen MR) is 63.8 cm³/mol. The quantitative estimate of drug-likeness (QED) is 0.532. The van der Waals surface area contributed by atoms with Crippen molar-refractivity contribution in [1.82, 2.24) is 10.2 Å². The molecule has 102 valence electrons. The number of carbonyl (C=O) groups excluding carboxylic acids is 3. The van der Waals surface area contributed by atoms with Gasteiger partial charge in [-0.1, -0.05) is 0 Å². The first-order valence-electron chi connectivity index (χ1n) is 5.43. The molecule has 7 nitrogen and oxygen atoms in total. The van der Waals surface area contributed by atoms with Crippen LogP contribution in [0.25, 0.3) is 0 Å². The molecular weight excluding hydrogens is 240 g/mol. The molecule has 0 aromatic carbocycles. The minimum absolute atomic E-state index is 0.0536. The van der Waals surface area contributed by atoms with Crippen LogP contribution in [-0.4, -0.2) is 56.7 Å². The van der Waals surface area contributed by atoms with Gasteiger partial charge in [-0.25, -0.2) is 14.4 Å². The Balaban J connectivity index is 3.84. The summed E-state index contributed by atoms with van der Waals surface area (Å²) in [5, 5.41) is 2.60. The number of methoxy groups -OCH3 is 1. The Labute approximate surface area is 106 Å². The van der Waals surface area contributed by atoms with Gasteiger partial charge in [0.1, 0.15) is 6.61 Å². The second-order valence-electron chi connectivity index (χ2n) is 3.28. The lowest BCUT2D eigenvalue weighted by molar-refractivity contribution is -0.139. The number of carbonyl (C=O) groups is 3. The summed E-state index contributed by atoms with van der Waals surface area (Å²) in [6.45, 7) is 2.66. The number of esters is 2. The molecule has 0 bridgehead atoms. The Kier molecular flexibility index (Phi) is 8.00. The second-order valence-corrected chi connectivity index (χ2v) is 3.28. The molecule has 0 spiro atoms. The number of hydrogen-bond acceptors (Lipinski definition) is 5. The zero-order valence-electron chi connectivity index (χ0n) is 10.8. The van der Waals surface area contributed by atoms with E-state index in [2.05, 4.69) is 10.1 Å². The van der Waals surface area contributed by atoms with Crippen LogP contribution in [0.2, 0.25) is 0 Å². The number of ether oxygens (including phenoxy) is 2. The van der Waals surface area contributed by atoms with Gasteiger partial charge in [-0.05, 0) is 6.92 Å². The Morgan fingerprint density at radius 2 is 1.83 bits per heavy atom. The highest BCUT2D eigenvalue weighted by Crippen LogP contribution is 1.88. The fourth-order valence-electron chi connectivity index (χ4n) is 0.923. The van der Waals surface area contributed by atoms with E-state index in [9.17, 15) is 14.4 Å². The molecule has 0 aromatic heterocycles. The summed E-state index contributed by atoms with van der Waals surface area (Å²) >= 11 is 0. The number of nitrogens with one attached hydrogen (secondary N) is 1. The van der Waals surface area contributed by atoms with E-state index < -0.39 is 11.9 Å². The minimum Gasteiger partial charge on any atom is -0.466 e. The number of nitrogens with zero attached hydrogens (tertiary/aromatic N) is 1. The largest absolute Gasteiger partial charge is 0.466 e. The SMILES string of the molecule is CCNC(=O)N(C)CCOC(=O)/C=C/C(=O)OC. The van der Waals surface area contributed by atoms with Gasteiger partial charge in [0.25, 0.3) is 0 Å². The van der Waals surface area contributed by atoms with Gasteiger partial charge < -0.3 is 19.7 Å². The molecular formula is C11H18N2O5. The van der Waals surface area contributed by atoms with E-state index in [1.807, 2.05) is 6.92 Å². The lowest BCUT2D eigenvalue weighted by Crippen LogP contribution is -2.39. The molecule has 0 radical (unpaired) electrons. The molecule has 0 saturated heterocycles. The lowest BCUT2D eigenvalue weighted by Gasteiger charge is -2.16. The monoisotopic (exact) mass is 258 g/mol. The second kappa shape index (κ2) is 9.03. The summed E-state index contributed by atoms with van der Waals surface area (Å²) in [4.78, 5) is 34.4. The van der Waals surface area contributed by atoms with Crippen molar-refractivity contribution < 1.29 is 23.9 Å². The topological polar surface area (TPSA) is 84.9 Å². The molecule has 0 aliphatic carbocycles. The predicted octanol–water partition coefficient (Wildman–Crippen LogP) is -0.0799. The van der Waals surface area contributed by atoms with E-state index in [-0.39, 0.29) is 19.2 Å². The smallest absolute Gasteiger partial charge is 0.331 e. The maximum atomic E-state index is 11.3. The van der Waals surface area contributed by atoms with Crippen molar-refractivity contribution in [2.45, 2.75) is 6.92 Å². The molecule has 1 N–H and O–H groups in total. The third kappa shape index (κ3) is 7.26. The number of likely N-dealkylation sites (N-methyl/N-ethyl adjacent to an activating group) is 1. The average Bonchev–Trinajstić information content (AvgIpc) is 2.35. The molecule has 0 heterocycles. The van der Waals surface area contributed by atoms with E-state index in [1.54, 1.807) is 7.05 Å². The van der Waals surface area contributed by atoms with E-state index >= 15 is 0 Å². The van der Waals surface area contributed by atoms with Crippen LogP contribution in [0.3, 0.4) is 0 Å². The molecule has 18 heavy (non-hydrogen) atoms. The lowest BCUT2D eigenvalue weighted by atomic mass is 10.5. The van der Waals surface area contributed by atoms with Crippen LogP contribution >= 0.6 is 0 Å². The Hall–Kier alpha value is -2.05. The zero-order chi connectivity index (χ0) is 14.0. The van der Waals surface area contributed by atoms with Crippen LogP contribution in [0.5, 0.6) is 0 Å². The molecule has 0 saturated carbocycles. The molecule has 0 aromatic rings. The highest BCUT2D eigenvalue weighted by Gasteiger charge is 2.07. The molecule has 7 heteroatoms. The Morgan fingerprint density at radius 3 is 2.39 bits per heavy atom. The van der Waals surface area contributed by atoms with Crippen LogP contribution in [-0.2, 0) is 19.1 Å². The zero-order valence-corrected chi connectivity index (χ0v) is 10.8. The number of urea groups is 1. The van der Waals surface area contributed by atoms with Crippen LogP contribution < -0.4 is 5.32 Å². The first-order valence-corrected chi connectivity index (χ1v) is 5.43. The van der Waals surface area contributed by atoms with Gasteiger partial charge >= 0.3 is 18.0 Å². The molecule has 0 atom stereocenters. The van der Waals surface area contributed by atoms with Crippen LogP contribution in [0, 0.1) is 0 Å². The summed E-state index contributed by atoms with van der Waals surface area (Å²) in [6.07, 6.45) is 1.94. The van der Waals surface area contributed by atoms with Crippen molar-refractivity contribution in [3.63, 3.8) is 0 Å². The number of amides is 2. The first kappa shape index (κ1) is 16.0. The first-order chi connectivity index (χ1) is 8.51. The molecule has 0 aliphatic rings. The van der Waals surface area contributed by atoms with E-state index in [4.69, 9.17) is 4.74 Å². The van der Waals surface area contributed by atoms with Crippen molar-refractivity contribution >= 4 is 18.0 Å². The molecule has 0 fully saturated rings. The normalized spacial score (nSPS) is 9.94. The van der Waals surface area contributed by atoms with E-state index in [0.717, 1.165) is 12.2 Å². The standard InChI is InChI=1S/C11H18N2O5/c1-4-12-11(16)13(2)7-8-18-10(15)6-5-9(14)17-3/h5-6H,4,7-8H2,1-3H3,(H,12,16)/b6-5+. The van der Waals surface area contributed by atoms with Gasteiger partial charge in [0.15, 0.2) is 0 Å². The number of rotatable bonds is 6. The molecule has 0 unspecified atom stereocenters. The molecule has 0 aliphatic heterocycles. The fraction of sp³-hybridized carbons (Fsp3) is 0.545. The fourth-order valence-corrected chi connectivity index (χ4v) is 0.923. The average molecular weight is 258 g/mol. The maximum Gasteiger partial charge on any atom is 0.331 e. The Bertz CT molecular complexity index is 327. The third-order valence-corrected chi connectivity index (χ3v) is 1.90. The highest BCUT2D eigenvalue weighted by atomic mass is 16.5. The summed E-state index contributed by atoms with van der Waals surface area (Å²) in [7, 11) is 2.79. The summed E-state index contributed by atoms with van der Waals surface area (Å²) in [5.41, 5.74) is 0. The van der Waals surface area contributed by atoms with Crippen molar-refractivity contribution in [1.29, 1.82) is 0 Å². The Morgan fingerprint density at radius 1 is 1.22 bits per heavy atom. The van der Waals surface area contributed by atoms with Crippen LogP contribution in [0.1, 0.15) is 6.92 Å². The van der Waals surface area contributed by atoms with Gasteiger partial charge in [0.2, 0.25) is 0 Å². The van der Waals surface area contributed by atoms with Gasteiger partial charge in [-0.2, -0.15) is 0 Å². The molecule has 0 rings (SSSR count). The third-order valence-electron chi connectivity index (χ3n) is 1.90.